The van der Waals surface area contributed by atoms with Gasteiger partial charge in [0.15, 0.2) is 11.9 Å². The fourth-order valence-corrected chi connectivity index (χ4v) is 3.41. The largest absolute Gasteiger partial charge is 0.390 e. The first kappa shape index (κ1) is 18.5. The summed E-state index contributed by atoms with van der Waals surface area (Å²) in [7, 11) is -3.96. The normalized spacial score (nSPS) is 23.2. The van der Waals surface area contributed by atoms with Crippen molar-refractivity contribution in [1.82, 2.24) is 15.0 Å². The lowest BCUT2D eigenvalue weighted by Crippen LogP contribution is -2.28. The number of amides is 1. The summed E-state index contributed by atoms with van der Waals surface area (Å²) in [5, 5.41) is 17.4. The molecule has 0 saturated carbocycles. The first-order chi connectivity index (χ1) is 12.3. The third kappa shape index (κ3) is 3.90. The van der Waals surface area contributed by atoms with Crippen LogP contribution >= 0.6 is 0 Å². The van der Waals surface area contributed by atoms with Gasteiger partial charge in [-0.15, -0.1) is 5.10 Å². The van der Waals surface area contributed by atoms with Crippen LogP contribution in [-0.4, -0.2) is 53.2 Å². The maximum absolute atomic E-state index is 12.2. The molecule has 0 spiro atoms. The Bertz CT molecular complexity index is 895. The molecule has 0 aliphatic carbocycles. The van der Waals surface area contributed by atoms with Gasteiger partial charge in [0.25, 0.3) is 16.0 Å². The first-order valence-corrected chi connectivity index (χ1v) is 9.18. The second-order valence-electron chi connectivity index (χ2n) is 5.93. The second kappa shape index (κ2) is 7.11. The Morgan fingerprint density at radius 2 is 2.12 bits per heavy atom. The van der Waals surface area contributed by atoms with Crippen LogP contribution in [0.2, 0.25) is 0 Å². The molecule has 2 heterocycles. The summed E-state index contributed by atoms with van der Waals surface area (Å²) in [6, 6.07) is 6.21. The van der Waals surface area contributed by atoms with E-state index in [1.807, 2.05) is 6.92 Å². The van der Waals surface area contributed by atoms with Crippen LogP contribution in [0.1, 0.15) is 28.7 Å². The molecule has 26 heavy (non-hydrogen) atoms. The Morgan fingerprint density at radius 3 is 2.73 bits per heavy atom. The van der Waals surface area contributed by atoms with Gasteiger partial charge in [-0.2, -0.15) is 8.42 Å². The molecule has 140 valence electrons. The van der Waals surface area contributed by atoms with Crippen LogP contribution in [-0.2, 0) is 19.0 Å². The topological polar surface area (TPSA) is 147 Å². The number of primary amides is 1. The van der Waals surface area contributed by atoms with E-state index < -0.39 is 34.5 Å². The zero-order valence-electron chi connectivity index (χ0n) is 13.8. The Morgan fingerprint density at radius 1 is 1.42 bits per heavy atom. The molecule has 1 aliphatic rings. The van der Waals surface area contributed by atoms with Gasteiger partial charge in [0, 0.05) is 6.42 Å². The predicted molar refractivity (Wildman–Crippen MR) is 87.4 cm³/mol. The lowest BCUT2D eigenvalue weighted by molar-refractivity contribution is -0.0432. The molecule has 1 aromatic carbocycles. The van der Waals surface area contributed by atoms with Crippen LogP contribution in [0.15, 0.2) is 35.4 Å². The number of rotatable bonds is 6. The number of hydrogen-bond acceptors (Lipinski definition) is 8. The average molecular weight is 382 g/mol. The zero-order chi connectivity index (χ0) is 18.9. The van der Waals surface area contributed by atoms with Crippen LogP contribution in [0.4, 0.5) is 0 Å². The minimum absolute atomic E-state index is 0.0227. The van der Waals surface area contributed by atoms with Gasteiger partial charge >= 0.3 is 0 Å². The molecule has 10 nitrogen and oxygen atoms in total. The lowest BCUT2D eigenvalue weighted by atomic mass is 10.2. The Kier molecular flexibility index (Phi) is 5.05. The number of benzene rings is 1. The van der Waals surface area contributed by atoms with E-state index >= 15 is 0 Å². The maximum atomic E-state index is 12.2. The molecule has 0 radical (unpaired) electrons. The van der Waals surface area contributed by atoms with Crippen molar-refractivity contribution in [2.24, 2.45) is 5.73 Å². The molecular formula is C15H18N4O6S. The van der Waals surface area contributed by atoms with Gasteiger partial charge in [0.05, 0.1) is 23.8 Å². The molecule has 1 aromatic heterocycles. The quantitative estimate of drug-likeness (QED) is 0.650. The average Bonchev–Trinajstić information content (AvgIpc) is 3.20. The number of carbonyl (C=O) groups excluding carboxylic acids is 1. The lowest BCUT2D eigenvalue weighted by Gasteiger charge is -2.15. The van der Waals surface area contributed by atoms with Gasteiger partial charge in [-0.05, 0) is 19.1 Å². The summed E-state index contributed by atoms with van der Waals surface area (Å²) >= 11 is 0. The number of nitrogens with two attached hydrogens (primary N) is 1. The highest BCUT2D eigenvalue weighted by atomic mass is 32.2. The van der Waals surface area contributed by atoms with Gasteiger partial charge in [0.2, 0.25) is 0 Å². The Hall–Kier alpha value is -2.34. The van der Waals surface area contributed by atoms with Crippen LogP contribution < -0.4 is 5.73 Å². The van der Waals surface area contributed by atoms with E-state index in [2.05, 4.69) is 10.3 Å². The number of carbonyl (C=O) groups is 1. The standard InChI is InChI=1S/C15H18N4O6S/c1-9-2-4-10(5-3-9)26(22,23)24-8-13-12(20)6-14(25-13)19-7-11(15(16)21)17-18-19/h2-5,7,12-14,20H,6,8H2,1H3,(H2,16,21)/t12-,13+,14+/m0/s1. The van der Waals surface area contributed by atoms with Crippen LogP contribution in [0, 0.1) is 6.92 Å². The van der Waals surface area contributed by atoms with Crippen molar-refractivity contribution < 1.29 is 27.2 Å². The van der Waals surface area contributed by atoms with Gasteiger partial charge < -0.3 is 15.6 Å². The van der Waals surface area contributed by atoms with Crippen molar-refractivity contribution in [3.8, 4) is 0 Å². The van der Waals surface area contributed by atoms with Crippen molar-refractivity contribution in [2.45, 2.75) is 36.7 Å². The summed E-state index contributed by atoms with van der Waals surface area (Å²) < 4.78 is 36.2. The van der Waals surface area contributed by atoms with Gasteiger partial charge in [0.1, 0.15) is 6.10 Å². The molecule has 3 N–H and O–H groups in total. The number of aliphatic hydroxyl groups excluding tert-OH is 1. The number of ether oxygens (including phenoxy) is 1. The number of nitrogens with zero attached hydrogens (tertiary/aromatic N) is 3. The van der Waals surface area contributed by atoms with Crippen molar-refractivity contribution in [1.29, 1.82) is 0 Å². The molecule has 1 fully saturated rings. The molecule has 0 unspecified atom stereocenters. The summed E-state index contributed by atoms with van der Waals surface area (Å²) in [4.78, 5) is 11.1. The van der Waals surface area contributed by atoms with E-state index in [-0.39, 0.29) is 23.6 Å². The van der Waals surface area contributed by atoms with Crippen LogP contribution in [0.25, 0.3) is 0 Å². The summed E-state index contributed by atoms with van der Waals surface area (Å²) in [6.45, 7) is 1.49. The second-order valence-corrected chi connectivity index (χ2v) is 7.55. The van der Waals surface area contributed by atoms with Gasteiger partial charge in [-0.25, -0.2) is 4.68 Å². The fourth-order valence-electron chi connectivity index (χ4n) is 2.49. The summed E-state index contributed by atoms with van der Waals surface area (Å²) in [5.74, 6) is -0.737. The van der Waals surface area contributed by atoms with Gasteiger partial charge in [-0.3, -0.25) is 8.98 Å². The summed E-state index contributed by atoms with van der Waals surface area (Å²) in [5.41, 5.74) is 5.99. The van der Waals surface area contributed by atoms with Crippen molar-refractivity contribution in [3.63, 3.8) is 0 Å². The Labute approximate surface area is 149 Å². The van der Waals surface area contributed by atoms with Crippen molar-refractivity contribution in [3.05, 3.63) is 41.7 Å². The molecule has 3 atom stereocenters. The minimum Gasteiger partial charge on any atom is -0.390 e. The molecule has 3 rings (SSSR count). The predicted octanol–water partition coefficient (Wildman–Crippen LogP) is -0.261. The highest BCUT2D eigenvalue weighted by molar-refractivity contribution is 7.86. The Balaban J connectivity index is 1.63. The monoisotopic (exact) mass is 382 g/mol. The number of aliphatic hydroxyl groups is 1. The number of hydrogen-bond donors (Lipinski definition) is 2. The number of aromatic nitrogens is 3. The van der Waals surface area contributed by atoms with E-state index in [0.29, 0.717) is 0 Å². The molecule has 0 bridgehead atoms. The molecular weight excluding hydrogens is 364 g/mol. The fraction of sp³-hybridized carbons (Fsp3) is 0.400. The van der Waals surface area contributed by atoms with E-state index in [1.54, 1.807) is 12.1 Å². The van der Waals surface area contributed by atoms with Crippen LogP contribution in [0.3, 0.4) is 0 Å². The third-order valence-electron chi connectivity index (χ3n) is 3.96. The van der Waals surface area contributed by atoms with Gasteiger partial charge in [-0.1, -0.05) is 22.9 Å². The minimum atomic E-state index is -3.96. The first-order valence-electron chi connectivity index (χ1n) is 7.77. The van der Waals surface area contributed by atoms with E-state index in [4.69, 9.17) is 14.7 Å². The van der Waals surface area contributed by atoms with Crippen molar-refractivity contribution >= 4 is 16.0 Å². The zero-order valence-corrected chi connectivity index (χ0v) is 14.7. The van der Waals surface area contributed by atoms with E-state index in [9.17, 15) is 18.3 Å². The maximum Gasteiger partial charge on any atom is 0.297 e. The van der Waals surface area contributed by atoms with E-state index in [0.717, 1.165) is 5.56 Å². The highest BCUT2D eigenvalue weighted by Gasteiger charge is 2.37. The van der Waals surface area contributed by atoms with Crippen LogP contribution in [0.5, 0.6) is 0 Å². The molecule has 1 amide bonds. The summed E-state index contributed by atoms with van der Waals surface area (Å²) in [6.07, 6.45) is -1.11. The third-order valence-corrected chi connectivity index (χ3v) is 5.25. The molecule has 2 aromatic rings. The van der Waals surface area contributed by atoms with E-state index in [1.165, 1.54) is 23.0 Å². The molecule has 1 saturated heterocycles. The highest BCUT2D eigenvalue weighted by Crippen LogP contribution is 2.29. The number of aryl methyl sites for hydroxylation is 1. The SMILES string of the molecule is Cc1ccc(S(=O)(=O)OC[C@H]2O[C@@H](n3cc(C(N)=O)nn3)C[C@@H]2O)cc1. The molecule has 1 aliphatic heterocycles. The van der Waals surface area contributed by atoms with Crippen molar-refractivity contribution in [2.75, 3.05) is 6.61 Å². The molecule has 11 heteroatoms. The smallest absolute Gasteiger partial charge is 0.297 e.